The Morgan fingerprint density at radius 3 is 2.44 bits per heavy atom. The van der Waals surface area contributed by atoms with Crippen molar-refractivity contribution < 1.29 is 4.21 Å². The maximum atomic E-state index is 11.9. The molecule has 0 amide bonds. The molecule has 0 aliphatic heterocycles. The first-order valence-corrected chi connectivity index (χ1v) is 7.00. The zero-order valence-corrected chi connectivity index (χ0v) is 10.9. The van der Waals surface area contributed by atoms with Gasteiger partial charge in [0.15, 0.2) is 0 Å². The second kappa shape index (κ2) is 6.16. The van der Waals surface area contributed by atoms with Gasteiger partial charge in [0.25, 0.3) is 0 Å². The quantitative estimate of drug-likeness (QED) is 0.829. The van der Waals surface area contributed by atoms with Crippen LogP contribution in [0.2, 0.25) is 0 Å². The molecule has 0 aromatic heterocycles. The van der Waals surface area contributed by atoms with E-state index in [1.165, 1.54) is 0 Å². The topological polar surface area (TPSA) is 43.1 Å². The van der Waals surface area contributed by atoms with Crippen LogP contribution in [0.25, 0.3) is 0 Å². The molecule has 0 saturated carbocycles. The van der Waals surface area contributed by atoms with E-state index in [-0.39, 0.29) is 5.41 Å². The molecule has 0 fully saturated rings. The molecule has 0 spiro atoms. The van der Waals surface area contributed by atoms with E-state index in [9.17, 15) is 4.21 Å². The smallest absolute Gasteiger partial charge is 0.0529 e. The fourth-order valence-corrected chi connectivity index (χ4v) is 2.58. The highest BCUT2D eigenvalue weighted by Gasteiger charge is 2.15. The van der Waals surface area contributed by atoms with Crippen molar-refractivity contribution in [3.05, 3.63) is 30.3 Å². The van der Waals surface area contributed by atoms with Crippen LogP contribution in [0.1, 0.15) is 26.7 Å². The van der Waals surface area contributed by atoms with Gasteiger partial charge in [0.1, 0.15) is 0 Å². The summed E-state index contributed by atoms with van der Waals surface area (Å²) >= 11 is 0. The molecule has 90 valence electrons. The zero-order valence-electron chi connectivity index (χ0n) is 10.1. The lowest BCUT2D eigenvalue weighted by Gasteiger charge is -2.21. The molecule has 0 bridgehead atoms. The standard InChI is InChI=1S/C13H21NOS/c1-13(2,11-14)9-6-10-16(15)12-7-4-3-5-8-12/h3-5,7-8H,6,9-11,14H2,1-2H3. The van der Waals surface area contributed by atoms with Crippen molar-refractivity contribution in [2.75, 3.05) is 12.3 Å². The molecule has 1 rings (SSSR count). The summed E-state index contributed by atoms with van der Waals surface area (Å²) in [6, 6.07) is 9.64. The molecule has 1 unspecified atom stereocenters. The molecular formula is C13H21NOS. The Morgan fingerprint density at radius 1 is 1.25 bits per heavy atom. The lowest BCUT2D eigenvalue weighted by atomic mass is 9.88. The molecule has 2 nitrogen and oxygen atoms in total. The summed E-state index contributed by atoms with van der Waals surface area (Å²) in [7, 11) is -0.861. The number of benzene rings is 1. The van der Waals surface area contributed by atoms with E-state index in [1.807, 2.05) is 30.3 Å². The molecule has 16 heavy (non-hydrogen) atoms. The van der Waals surface area contributed by atoms with E-state index >= 15 is 0 Å². The molecule has 0 aliphatic carbocycles. The highest BCUT2D eigenvalue weighted by Crippen LogP contribution is 2.21. The SMILES string of the molecule is CC(C)(CN)CCCS(=O)c1ccccc1. The molecule has 1 atom stereocenters. The Bertz CT molecular complexity index is 335. The number of hydrogen-bond acceptors (Lipinski definition) is 2. The van der Waals surface area contributed by atoms with Gasteiger partial charge in [0, 0.05) is 10.6 Å². The molecule has 2 N–H and O–H groups in total. The van der Waals surface area contributed by atoms with Gasteiger partial charge in [-0.2, -0.15) is 0 Å². The summed E-state index contributed by atoms with van der Waals surface area (Å²) in [5.41, 5.74) is 5.83. The minimum Gasteiger partial charge on any atom is -0.330 e. The van der Waals surface area contributed by atoms with E-state index in [0.29, 0.717) is 6.54 Å². The third-order valence-corrected chi connectivity index (χ3v) is 4.20. The lowest BCUT2D eigenvalue weighted by molar-refractivity contribution is 0.344. The summed E-state index contributed by atoms with van der Waals surface area (Å²) in [5.74, 6) is 0.730. The van der Waals surface area contributed by atoms with Crippen molar-refractivity contribution >= 4 is 10.8 Å². The van der Waals surface area contributed by atoms with Crippen LogP contribution in [0.5, 0.6) is 0 Å². The average molecular weight is 239 g/mol. The summed E-state index contributed by atoms with van der Waals surface area (Å²) in [6.45, 7) is 4.99. The van der Waals surface area contributed by atoms with Crippen LogP contribution in [0.15, 0.2) is 35.2 Å². The van der Waals surface area contributed by atoms with Gasteiger partial charge >= 0.3 is 0 Å². The van der Waals surface area contributed by atoms with Crippen molar-refractivity contribution in [2.45, 2.75) is 31.6 Å². The van der Waals surface area contributed by atoms with Crippen LogP contribution in [0.4, 0.5) is 0 Å². The highest BCUT2D eigenvalue weighted by atomic mass is 32.2. The maximum Gasteiger partial charge on any atom is 0.0529 e. The van der Waals surface area contributed by atoms with Gasteiger partial charge in [0.2, 0.25) is 0 Å². The Kier molecular flexibility index (Phi) is 5.16. The fraction of sp³-hybridized carbons (Fsp3) is 0.538. The van der Waals surface area contributed by atoms with Gasteiger partial charge in [-0.1, -0.05) is 32.0 Å². The van der Waals surface area contributed by atoms with Crippen LogP contribution in [0.3, 0.4) is 0 Å². The summed E-state index contributed by atoms with van der Waals surface area (Å²) in [6.07, 6.45) is 1.99. The maximum absolute atomic E-state index is 11.9. The van der Waals surface area contributed by atoms with E-state index in [1.54, 1.807) is 0 Å². The van der Waals surface area contributed by atoms with E-state index in [4.69, 9.17) is 5.73 Å². The number of nitrogens with two attached hydrogens (primary N) is 1. The lowest BCUT2D eigenvalue weighted by Crippen LogP contribution is -2.23. The van der Waals surface area contributed by atoms with Crippen molar-refractivity contribution in [2.24, 2.45) is 11.1 Å². The minimum absolute atomic E-state index is 0.168. The van der Waals surface area contributed by atoms with Gasteiger partial charge in [-0.15, -0.1) is 0 Å². The van der Waals surface area contributed by atoms with E-state index in [0.717, 1.165) is 23.5 Å². The van der Waals surface area contributed by atoms with Crippen LogP contribution in [-0.4, -0.2) is 16.5 Å². The van der Waals surface area contributed by atoms with Crippen LogP contribution < -0.4 is 5.73 Å². The fourth-order valence-electron chi connectivity index (χ4n) is 1.47. The van der Waals surface area contributed by atoms with Crippen molar-refractivity contribution in [3.8, 4) is 0 Å². The summed E-state index contributed by atoms with van der Waals surface area (Å²) < 4.78 is 11.9. The summed E-state index contributed by atoms with van der Waals surface area (Å²) in [4.78, 5) is 0.924. The Balaban J connectivity index is 2.37. The minimum atomic E-state index is -0.861. The molecular weight excluding hydrogens is 218 g/mol. The Hall–Kier alpha value is -0.670. The monoisotopic (exact) mass is 239 g/mol. The van der Waals surface area contributed by atoms with Crippen LogP contribution in [0, 0.1) is 5.41 Å². The molecule has 0 heterocycles. The van der Waals surface area contributed by atoms with Crippen molar-refractivity contribution in [1.29, 1.82) is 0 Å². The normalized spacial score (nSPS) is 13.7. The van der Waals surface area contributed by atoms with Gasteiger partial charge in [-0.05, 0) is 36.9 Å². The van der Waals surface area contributed by atoms with Crippen molar-refractivity contribution in [1.82, 2.24) is 0 Å². The van der Waals surface area contributed by atoms with E-state index < -0.39 is 10.8 Å². The second-order valence-corrected chi connectivity index (χ2v) is 6.41. The molecule has 0 saturated heterocycles. The third kappa shape index (κ3) is 4.45. The molecule has 1 aromatic rings. The number of rotatable bonds is 6. The van der Waals surface area contributed by atoms with Gasteiger partial charge in [0.05, 0.1) is 10.8 Å². The largest absolute Gasteiger partial charge is 0.330 e. The first-order valence-electron chi connectivity index (χ1n) is 5.69. The Labute approximate surface area is 101 Å². The second-order valence-electron chi connectivity index (χ2n) is 4.83. The highest BCUT2D eigenvalue weighted by molar-refractivity contribution is 7.85. The van der Waals surface area contributed by atoms with Gasteiger partial charge in [-0.3, -0.25) is 4.21 Å². The molecule has 0 radical (unpaired) electrons. The molecule has 1 aromatic carbocycles. The predicted octanol–water partition coefficient (Wildman–Crippen LogP) is 2.56. The first kappa shape index (κ1) is 13.4. The number of hydrogen-bond donors (Lipinski definition) is 1. The Morgan fingerprint density at radius 2 is 1.88 bits per heavy atom. The van der Waals surface area contributed by atoms with Crippen LogP contribution in [-0.2, 0) is 10.8 Å². The van der Waals surface area contributed by atoms with Gasteiger partial charge < -0.3 is 5.73 Å². The van der Waals surface area contributed by atoms with E-state index in [2.05, 4.69) is 13.8 Å². The predicted molar refractivity (Wildman–Crippen MR) is 69.8 cm³/mol. The van der Waals surface area contributed by atoms with Gasteiger partial charge in [-0.25, -0.2) is 0 Å². The van der Waals surface area contributed by atoms with Crippen LogP contribution >= 0.6 is 0 Å². The van der Waals surface area contributed by atoms with Crippen molar-refractivity contribution in [3.63, 3.8) is 0 Å². The zero-order chi connectivity index (χ0) is 12.0. The average Bonchev–Trinajstić information content (AvgIpc) is 2.30. The third-order valence-electron chi connectivity index (χ3n) is 2.74. The molecule has 3 heteroatoms. The first-order chi connectivity index (χ1) is 7.55. The summed E-state index contributed by atoms with van der Waals surface area (Å²) in [5, 5.41) is 0. The molecule has 0 aliphatic rings.